The Morgan fingerprint density at radius 1 is 1.53 bits per heavy atom. The van der Waals surface area contributed by atoms with Crippen molar-refractivity contribution in [1.82, 2.24) is 0 Å². The molecule has 2 atom stereocenters. The van der Waals surface area contributed by atoms with E-state index < -0.39 is 6.10 Å². The van der Waals surface area contributed by atoms with E-state index >= 15 is 0 Å². The first-order valence-corrected chi connectivity index (χ1v) is 5.11. The van der Waals surface area contributed by atoms with Crippen LogP contribution in [0.3, 0.4) is 0 Å². The fourth-order valence-electron chi connectivity index (χ4n) is 1.62. The lowest BCUT2D eigenvalue weighted by Gasteiger charge is -1.98. The maximum Gasteiger partial charge on any atom is 0.338 e. The van der Waals surface area contributed by atoms with Gasteiger partial charge in [0.15, 0.2) is 6.10 Å². The van der Waals surface area contributed by atoms with Crippen LogP contribution >= 0.6 is 0 Å². The predicted molar refractivity (Wildman–Crippen MR) is 55.4 cm³/mol. The van der Waals surface area contributed by atoms with Gasteiger partial charge in [-0.05, 0) is 19.4 Å². The molecule has 0 unspecified atom stereocenters. The number of ether oxygens (including phenoxy) is 2. The monoisotopic (exact) mass is 206 g/mol. The van der Waals surface area contributed by atoms with Gasteiger partial charge < -0.3 is 9.47 Å². The number of aryl methyl sites for hydroxylation is 1. The number of carbonyl (C=O) groups is 1. The highest BCUT2D eigenvalue weighted by Gasteiger charge is 2.47. The first-order valence-electron chi connectivity index (χ1n) is 5.11. The van der Waals surface area contributed by atoms with Crippen LogP contribution in [0.2, 0.25) is 0 Å². The number of benzene rings is 1. The van der Waals surface area contributed by atoms with Crippen LogP contribution in [0.4, 0.5) is 0 Å². The van der Waals surface area contributed by atoms with E-state index in [1.54, 1.807) is 6.92 Å². The molecule has 0 saturated carbocycles. The molecule has 3 heteroatoms. The van der Waals surface area contributed by atoms with Crippen molar-refractivity contribution in [2.75, 3.05) is 6.61 Å². The third-order valence-electron chi connectivity index (χ3n) is 2.38. The van der Waals surface area contributed by atoms with Gasteiger partial charge in [0.1, 0.15) is 6.10 Å². The largest absolute Gasteiger partial charge is 0.464 e. The minimum atomic E-state index is -0.397. The Balaban J connectivity index is 2.01. The molecule has 1 saturated heterocycles. The second-order valence-corrected chi connectivity index (χ2v) is 3.64. The molecule has 0 bridgehead atoms. The third kappa shape index (κ3) is 2.18. The quantitative estimate of drug-likeness (QED) is 0.561. The number of hydrogen-bond acceptors (Lipinski definition) is 3. The Bertz CT molecular complexity index is 373. The molecule has 0 radical (unpaired) electrons. The van der Waals surface area contributed by atoms with Crippen molar-refractivity contribution in [1.29, 1.82) is 0 Å². The molecular weight excluding hydrogens is 192 g/mol. The molecule has 2 rings (SSSR count). The van der Waals surface area contributed by atoms with Gasteiger partial charge in [0.2, 0.25) is 0 Å². The van der Waals surface area contributed by atoms with Gasteiger partial charge >= 0.3 is 5.97 Å². The number of carbonyl (C=O) groups excluding carboxylic acids is 1. The van der Waals surface area contributed by atoms with Crippen molar-refractivity contribution < 1.29 is 14.3 Å². The van der Waals surface area contributed by atoms with E-state index in [0.29, 0.717) is 6.61 Å². The SMILES string of the molecule is CCOC(=O)[C@@H]1O[C@H]1c1cccc(C)c1. The fraction of sp³-hybridized carbons (Fsp3) is 0.417. The summed E-state index contributed by atoms with van der Waals surface area (Å²) in [5.41, 5.74) is 2.22. The van der Waals surface area contributed by atoms with Crippen molar-refractivity contribution >= 4 is 5.97 Å². The van der Waals surface area contributed by atoms with Crippen LogP contribution in [-0.2, 0) is 14.3 Å². The van der Waals surface area contributed by atoms with Crippen LogP contribution in [0.15, 0.2) is 24.3 Å². The van der Waals surface area contributed by atoms with E-state index in [-0.39, 0.29) is 12.1 Å². The smallest absolute Gasteiger partial charge is 0.338 e. The molecule has 15 heavy (non-hydrogen) atoms. The van der Waals surface area contributed by atoms with Gasteiger partial charge in [0.25, 0.3) is 0 Å². The highest BCUT2D eigenvalue weighted by Crippen LogP contribution is 2.39. The summed E-state index contributed by atoms with van der Waals surface area (Å²) in [5, 5.41) is 0. The molecule has 1 aliphatic heterocycles. The van der Waals surface area contributed by atoms with Crippen molar-refractivity contribution in [3.05, 3.63) is 35.4 Å². The Morgan fingerprint density at radius 3 is 3.00 bits per heavy atom. The highest BCUT2D eigenvalue weighted by molar-refractivity contribution is 5.78. The van der Waals surface area contributed by atoms with E-state index in [9.17, 15) is 4.79 Å². The highest BCUT2D eigenvalue weighted by atomic mass is 16.6. The first kappa shape index (κ1) is 10.2. The summed E-state index contributed by atoms with van der Waals surface area (Å²) in [7, 11) is 0. The van der Waals surface area contributed by atoms with E-state index in [4.69, 9.17) is 9.47 Å². The van der Waals surface area contributed by atoms with Crippen molar-refractivity contribution in [2.45, 2.75) is 26.1 Å². The van der Waals surface area contributed by atoms with Crippen LogP contribution in [0.1, 0.15) is 24.2 Å². The Hall–Kier alpha value is -1.35. The fourth-order valence-corrected chi connectivity index (χ4v) is 1.62. The number of rotatable bonds is 3. The number of epoxide rings is 1. The summed E-state index contributed by atoms with van der Waals surface area (Å²) in [6.07, 6.45) is -0.504. The average molecular weight is 206 g/mol. The molecule has 80 valence electrons. The summed E-state index contributed by atoms with van der Waals surface area (Å²) in [4.78, 5) is 11.3. The maximum absolute atomic E-state index is 11.3. The van der Waals surface area contributed by atoms with Gasteiger partial charge in [0, 0.05) is 0 Å². The molecule has 1 aromatic rings. The van der Waals surface area contributed by atoms with E-state index in [1.807, 2.05) is 31.2 Å². The second-order valence-electron chi connectivity index (χ2n) is 3.64. The van der Waals surface area contributed by atoms with Gasteiger partial charge in [-0.1, -0.05) is 29.8 Å². The van der Waals surface area contributed by atoms with Crippen molar-refractivity contribution in [3.63, 3.8) is 0 Å². The normalized spacial score (nSPS) is 23.6. The molecule has 3 nitrogen and oxygen atoms in total. The topological polar surface area (TPSA) is 38.8 Å². The van der Waals surface area contributed by atoms with Crippen LogP contribution < -0.4 is 0 Å². The molecule has 1 aromatic carbocycles. The summed E-state index contributed by atoms with van der Waals surface area (Å²) in [6, 6.07) is 7.99. The van der Waals surface area contributed by atoms with Gasteiger partial charge in [-0.15, -0.1) is 0 Å². The molecular formula is C12H14O3. The molecule has 0 aliphatic carbocycles. The lowest BCUT2D eigenvalue weighted by Crippen LogP contribution is -2.11. The average Bonchev–Trinajstić information content (AvgIpc) is 2.97. The molecule has 1 aliphatic rings. The minimum absolute atomic E-state index is 0.107. The first-order chi connectivity index (χ1) is 7.22. The van der Waals surface area contributed by atoms with Crippen LogP contribution in [-0.4, -0.2) is 18.7 Å². The third-order valence-corrected chi connectivity index (χ3v) is 2.38. The molecule has 1 heterocycles. The summed E-state index contributed by atoms with van der Waals surface area (Å²) < 4.78 is 10.2. The zero-order valence-corrected chi connectivity index (χ0v) is 8.90. The van der Waals surface area contributed by atoms with Crippen LogP contribution in [0, 0.1) is 6.92 Å². The molecule has 0 spiro atoms. The molecule has 0 aromatic heterocycles. The number of esters is 1. The van der Waals surface area contributed by atoms with E-state index in [1.165, 1.54) is 5.56 Å². The summed E-state index contributed by atoms with van der Waals surface area (Å²) in [6.45, 7) is 4.21. The van der Waals surface area contributed by atoms with Crippen molar-refractivity contribution in [3.8, 4) is 0 Å². The Labute approximate surface area is 89.0 Å². The van der Waals surface area contributed by atoms with Crippen LogP contribution in [0.25, 0.3) is 0 Å². The molecule has 1 fully saturated rings. The number of hydrogen-bond donors (Lipinski definition) is 0. The summed E-state index contributed by atoms with van der Waals surface area (Å²) in [5.74, 6) is -0.260. The van der Waals surface area contributed by atoms with Gasteiger partial charge in [-0.25, -0.2) is 4.79 Å². The zero-order valence-electron chi connectivity index (χ0n) is 8.90. The molecule has 0 N–H and O–H groups in total. The predicted octanol–water partition coefficient (Wildman–Crippen LogP) is 2.00. The Kier molecular flexibility index (Phi) is 2.73. The Morgan fingerprint density at radius 2 is 2.33 bits per heavy atom. The zero-order chi connectivity index (χ0) is 10.8. The minimum Gasteiger partial charge on any atom is -0.464 e. The van der Waals surface area contributed by atoms with E-state index in [0.717, 1.165) is 5.56 Å². The van der Waals surface area contributed by atoms with Crippen molar-refractivity contribution in [2.24, 2.45) is 0 Å². The van der Waals surface area contributed by atoms with Gasteiger partial charge in [0.05, 0.1) is 6.61 Å². The standard InChI is InChI=1S/C12H14O3/c1-3-14-12(13)11-10(15-11)9-6-4-5-8(2)7-9/h4-7,10-11H,3H2,1-2H3/t10-,11+/m0/s1. The lowest BCUT2D eigenvalue weighted by atomic mass is 10.1. The maximum atomic E-state index is 11.3. The lowest BCUT2D eigenvalue weighted by molar-refractivity contribution is -0.144. The van der Waals surface area contributed by atoms with Gasteiger partial charge in [-0.3, -0.25) is 0 Å². The summed E-state index contributed by atoms with van der Waals surface area (Å²) >= 11 is 0. The van der Waals surface area contributed by atoms with E-state index in [2.05, 4.69) is 0 Å². The second kappa shape index (κ2) is 4.03. The molecule has 0 amide bonds. The van der Waals surface area contributed by atoms with Crippen LogP contribution in [0.5, 0.6) is 0 Å². The van der Waals surface area contributed by atoms with Gasteiger partial charge in [-0.2, -0.15) is 0 Å².